The highest BCUT2D eigenvalue weighted by molar-refractivity contribution is 7.92. The lowest BCUT2D eigenvalue weighted by Crippen LogP contribution is -2.55. The molecule has 1 aliphatic rings. The fourth-order valence-corrected chi connectivity index (χ4v) is 6.01. The van der Waals surface area contributed by atoms with Crippen molar-refractivity contribution in [2.24, 2.45) is 0 Å². The molecule has 0 bridgehead atoms. The van der Waals surface area contributed by atoms with Crippen LogP contribution in [0.25, 0.3) is 0 Å². The van der Waals surface area contributed by atoms with Crippen LogP contribution >= 0.6 is 0 Å². The van der Waals surface area contributed by atoms with Crippen LogP contribution in [-0.2, 0) is 14.8 Å². The number of hydrogen-bond donors (Lipinski definition) is 0. The predicted octanol–water partition coefficient (Wildman–Crippen LogP) is 4.08. The summed E-state index contributed by atoms with van der Waals surface area (Å²) >= 11 is 0. The van der Waals surface area contributed by atoms with Gasteiger partial charge in [0.1, 0.15) is 6.04 Å². The lowest BCUT2D eigenvalue weighted by atomic mass is 9.96. The number of sulfonamides is 1. The molecule has 0 aliphatic carbocycles. The topological polar surface area (TPSA) is 60.9 Å². The highest BCUT2D eigenvalue weighted by atomic mass is 32.2. The standard InChI is InChI=1S/C28H33N3O3S/c1-22-14-16-26(17-15-22)31(35(3,33)34)23(2)28(32)30-20-18-29(19-21-30)27(24-10-6-4-7-11-24)25-12-8-5-9-13-25/h4-17,23,27H,18-21H2,1-3H3. The van der Waals surface area contributed by atoms with Crippen LogP contribution in [-0.4, -0.2) is 62.6 Å². The zero-order valence-corrected chi connectivity index (χ0v) is 21.4. The van der Waals surface area contributed by atoms with E-state index in [-0.39, 0.29) is 11.9 Å². The molecule has 3 aromatic carbocycles. The Bertz CT molecular complexity index is 1180. The Kier molecular flexibility index (Phi) is 7.57. The maximum Gasteiger partial charge on any atom is 0.246 e. The number of rotatable bonds is 7. The van der Waals surface area contributed by atoms with Crippen molar-refractivity contribution in [2.45, 2.75) is 25.9 Å². The predicted molar refractivity (Wildman–Crippen MR) is 141 cm³/mol. The van der Waals surface area contributed by atoms with Crippen molar-refractivity contribution in [3.05, 3.63) is 102 Å². The molecular weight excluding hydrogens is 458 g/mol. The van der Waals surface area contributed by atoms with Gasteiger partial charge in [-0.3, -0.25) is 14.0 Å². The fourth-order valence-electron chi connectivity index (χ4n) is 4.84. The maximum atomic E-state index is 13.4. The van der Waals surface area contributed by atoms with Crippen molar-refractivity contribution in [1.29, 1.82) is 0 Å². The molecule has 0 aromatic heterocycles. The van der Waals surface area contributed by atoms with Crippen LogP contribution in [0.2, 0.25) is 0 Å². The third-order valence-corrected chi connectivity index (χ3v) is 7.82. The van der Waals surface area contributed by atoms with Gasteiger partial charge in [0.2, 0.25) is 15.9 Å². The number of benzene rings is 3. The van der Waals surface area contributed by atoms with E-state index in [2.05, 4.69) is 53.4 Å². The molecule has 1 unspecified atom stereocenters. The molecule has 4 rings (SSSR count). The zero-order valence-electron chi connectivity index (χ0n) is 20.5. The van der Waals surface area contributed by atoms with Crippen molar-refractivity contribution in [1.82, 2.24) is 9.80 Å². The molecule has 0 saturated carbocycles. The molecule has 7 heteroatoms. The Morgan fingerprint density at radius 1 is 0.800 bits per heavy atom. The summed E-state index contributed by atoms with van der Waals surface area (Å²) in [4.78, 5) is 17.6. The zero-order chi connectivity index (χ0) is 25.0. The highest BCUT2D eigenvalue weighted by Crippen LogP contribution is 2.30. The SMILES string of the molecule is Cc1ccc(N(C(C)C(=O)N2CCN(C(c3ccccc3)c3ccccc3)CC2)S(C)(=O)=O)cc1. The van der Waals surface area contributed by atoms with Crippen LogP contribution in [0.5, 0.6) is 0 Å². The molecule has 1 saturated heterocycles. The van der Waals surface area contributed by atoms with Crippen LogP contribution in [0.1, 0.15) is 29.7 Å². The second kappa shape index (κ2) is 10.6. The summed E-state index contributed by atoms with van der Waals surface area (Å²) in [5.74, 6) is -0.174. The molecule has 1 aliphatic heterocycles. The third-order valence-electron chi connectivity index (χ3n) is 6.58. The van der Waals surface area contributed by atoms with Gasteiger partial charge in [-0.15, -0.1) is 0 Å². The number of aryl methyl sites for hydroxylation is 1. The molecule has 0 spiro atoms. The van der Waals surface area contributed by atoms with Crippen LogP contribution in [0.3, 0.4) is 0 Å². The molecule has 3 aromatic rings. The number of nitrogens with zero attached hydrogens (tertiary/aromatic N) is 3. The van der Waals surface area contributed by atoms with Crippen molar-refractivity contribution in [3.63, 3.8) is 0 Å². The Labute approximate surface area is 208 Å². The molecule has 184 valence electrons. The molecule has 6 nitrogen and oxygen atoms in total. The molecule has 35 heavy (non-hydrogen) atoms. The van der Waals surface area contributed by atoms with Crippen LogP contribution < -0.4 is 4.31 Å². The summed E-state index contributed by atoms with van der Waals surface area (Å²) in [5, 5.41) is 0. The number of carbonyl (C=O) groups is 1. The van der Waals surface area contributed by atoms with E-state index < -0.39 is 16.1 Å². The molecule has 1 amide bonds. The summed E-state index contributed by atoms with van der Waals surface area (Å²) in [6.07, 6.45) is 1.15. The Morgan fingerprint density at radius 2 is 1.29 bits per heavy atom. The first-order valence-electron chi connectivity index (χ1n) is 11.9. The molecule has 0 N–H and O–H groups in total. The Hall–Kier alpha value is -3.16. The van der Waals surface area contributed by atoms with E-state index in [0.717, 1.165) is 11.8 Å². The van der Waals surface area contributed by atoms with Gasteiger partial charge in [0, 0.05) is 26.2 Å². The van der Waals surface area contributed by atoms with Gasteiger partial charge in [-0.1, -0.05) is 78.4 Å². The van der Waals surface area contributed by atoms with E-state index in [1.54, 1.807) is 24.0 Å². The average molecular weight is 492 g/mol. The van der Waals surface area contributed by atoms with Gasteiger partial charge >= 0.3 is 0 Å². The van der Waals surface area contributed by atoms with Crippen molar-refractivity contribution in [3.8, 4) is 0 Å². The molecule has 1 fully saturated rings. The van der Waals surface area contributed by atoms with Gasteiger partial charge in [-0.2, -0.15) is 0 Å². The number of piperazine rings is 1. The largest absolute Gasteiger partial charge is 0.338 e. The second-order valence-corrected chi connectivity index (χ2v) is 11.0. The third kappa shape index (κ3) is 5.74. The molecular formula is C28H33N3O3S. The second-order valence-electron chi connectivity index (χ2n) is 9.16. The quantitative estimate of drug-likeness (QED) is 0.500. The van der Waals surface area contributed by atoms with E-state index in [4.69, 9.17) is 0 Å². The first-order chi connectivity index (χ1) is 16.8. The summed E-state index contributed by atoms with van der Waals surface area (Å²) < 4.78 is 26.5. The number of hydrogen-bond acceptors (Lipinski definition) is 4. The van der Waals surface area contributed by atoms with E-state index in [1.807, 2.05) is 31.2 Å². The molecule has 0 radical (unpaired) electrons. The number of anilines is 1. The minimum atomic E-state index is -3.63. The smallest absolute Gasteiger partial charge is 0.246 e. The lowest BCUT2D eigenvalue weighted by Gasteiger charge is -2.41. The minimum Gasteiger partial charge on any atom is -0.338 e. The van der Waals surface area contributed by atoms with Crippen molar-refractivity contribution in [2.75, 3.05) is 36.7 Å². The van der Waals surface area contributed by atoms with Gasteiger partial charge < -0.3 is 4.90 Å². The van der Waals surface area contributed by atoms with Crippen molar-refractivity contribution >= 4 is 21.6 Å². The number of carbonyl (C=O) groups excluding carboxylic acids is 1. The first kappa shape index (κ1) is 24.9. The fraction of sp³-hybridized carbons (Fsp3) is 0.321. The number of amides is 1. The summed E-state index contributed by atoms with van der Waals surface area (Å²) in [7, 11) is -3.63. The normalized spacial score (nSPS) is 15.7. The lowest BCUT2D eigenvalue weighted by molar-refractivity contribution is -0.134. The maximum absolute atomic E-state index is 13.4. The van der Waals surface area contributed by atoms with Crippen LogP contribution in [0.4, 0.5) is 5.69 Å². The molecule has 1 heterocycles. The van der Waals surface area contributed by atoms with Gasteiger partial charge in [0.25, 0.3) is 0 Å². The average Bonchev–Trinajstić information content (AvgIpc) is 2.86. The summed E-state index contributed by atoms with van der Waals surface area (Å²) in [6.45, 7) is 6.12. The van der Waals surface area contributed by atoms with E-state index in [1.165, 1.54) is 15.4 Å². The summed E-state index contributed by atoms with van der Waals surface area (Å²) in [6, 6.07) is 27.3. The van der Waals surface area contributed by atoms with Gasteiger partial charge in [-0.05, 0) is 37.1 Å². The van der Waals surface area contributed by atoms with Gasteiger partial charge in [-0.25, -0.2) is 8.42 Å². The van der Waals surface area contributed by atoms with Gasteiger partial charge in [0.05, 0.1) is 18.0 Å². The highest BCUT2D eigenvalue weighted by Gasteiger charge is 2.34. The summed E-state index contributed by atoms with van der Waals surface area (Å²) in [5.41, 5.74) is 3.97. The van der Waals surface area contributed by atoms with Crippen molar-refractivity contribution < 1.29 is 13.2 Å². The first-order valence-corrected chi connectivity index (χ1v) is 13.8. The Morgan fingerprint density at radius 3 is 1.74 bits per heavy atom. The van der Waals surface area contributed by atoms with Crippen LogP contribution in [0, 0.1) is 6.92 Å². The van der Waals surface area contributed by atoms with Gasteiger partial charge in [0.15, 0.2) is 0 Å². The van der Waals surface area contributed by atoms with E-state index in [0.29, 0.717) is 31.9 Å². The Balaban J connectivity index is 1.51. The minimum absolute atomic E-state index is 0.104. The van der Waals surface area contributed by atoms with E-state index >= 15 is 0 Å². The monoisotopic (exact) mass is 491 g/mol. The van der Waals surface area contributed by atoms with Crippen LogP contribution in [0.15, 0.2) is 84.9 Å². The molecule has 1 atom stereocenters. The van der Waals surface area contributed by atoms with E-state index in [9.17, 15) is 13.2 Å².